The first kappa shape index (κ1) is 16.4. The van der Waals surface area contributed by atoms with Crippen LogP contribution in [-0.2, 0) is 4.74 Å². The standard InChI is InChI=1S/C14H12ClN3O3Se/c1-2-21-14(20)10-4-3-7-16-13(10)22-18-12(19)11-6-5-9(15)8-17-11/h3-8H,2H2,1H3,(H,18,19). The zero-order valence-electron chi connectivity index (χ0n) is 11.6. The SMILES string of the molecule is CCOC(=O)c1cccnc1[Se]NC(=O)c1ccc(Cl)cn1. The molecule has 0 radical (unpaired) electrons. The number of amides is 1. The molecule has 0 aliphatic carbocycles. The summed E-state index contributed by atoms with van der Waals surface area (Å²) in [6, 6.07) is 6.38. The van der Waals surface area contributed by atoms with Crippen LogP contribution in [0.5, 0.6) is 0 Å². The van der Waals surface area contributed by atoms with E-state index in [0.29, 0.717) is 15.2 Å². The van der Waals surface area contributed by atoms with Gasteiger partial charge in [0.1, 0.15) is 0 Å². The van der Waals surface area contributed by atoms with Crippen molar-refractivity contribution >= 4 is 43.2 Å². The number of rotatable bonds is 5. The molecule has 0 aromatic carbocycles. The quantitative estimate of drug-likeness (QED) is 0.614. The van der Waals surface area contributed by atoms with Gasteiger partial charge < -0.3 is 0 Å². The topological polar surface area (TPSA) is 81.2 Å². The minimum atomic E-state index is -0.526. The van der Waals surface area contributed by atoms with Crippen molar-refractivity contribution in [2.45, 2.75) is 6.92 Å². The van der Waals surface area contributed by atoms with E-state index in [1.54, 1.807) is 31.3 Å². The van der Waals surface area contributed by atoms with Crippen LogP contribution in [0.1, 0.15) is 27.8 Å². The molecule has 8 heteroatoms. The number of nitrogens with zero attached hydrogens (tertiary/aromatic N) is 2. The summed E-state index contributed by atoms with van der Waals surface area (Å²) >= 11 is 5.20. The average Bonchev–Trinajstić information content (AvgIpc) is 2.54. The summed E-state index contributed by atoms with van der Waals surface area (Å²) in [5.41, 5.74) is 0.605. The second-order valence-corrected chi connectivity index (χ2v) is 6.08. The molecular formula is C14H12ClN3O3Se. The molecule has 0 unspecified atom stereocenters. The Morgan fingerprint density at radius 1 is 1.32 bits per heavy atom. The van der Waals surface area contributed by atoms with E-state index in [4.69, 9.17) is 16.3 Å². The van der Waals surface area contributed by atoms with Crippen molar-refractivity contribution < 1.29 is 14.3 Å². The molecule has 0 aliphatic rings. The third kappa shape index (κ3) is 4.27. The van der Waals surface area contributed by atoms with Gasteiger partial charge in [0.25, 0.3) is 0 Å². The molecule has 1 amide bonds. The summed E-state index contributed by atoms with van der Waals surface area (Å²) < 4.78 is 8.18. The number of hydrogen-bond acceptors (Lipinski definition) is 5. The maximum atomic E-state index is 12.0. The first-order valence-corrected chi connectivity index (χ1v) is 8.41. The molecule has 0 saturated carbocycles. The number of halogens is 1. The molecule has 2 heterocycles. The summed E-state index contributed by atoms with van der Waals surface area (Å²) in [5.74, 6) is -0.802. The fourth-order valence-electron chi connectivity index (χ4n) is 1.49. The molecule has 6 nitrogen and oxygen atoms in total. The summed E-state index contributed by atoms with van der Waals surface area (Å²) in [6.07, 6.45) is 2.96. The van der Waals surface area contributed by atoms with E-state index in [9.17, 15) is 9.59 Å². The number of aromatic nitrogens is 2. The number of pyridine rings is 2. The second kappa shape index (κ2) is 7.89. The molecule has 1 N–H and O–H groups in total. The van der Waals surface area contributed by atoms with Crippen molar-refractivity contribution in [3.63, 3.8) is 0 Å². The number of carbonyl (C=O) groups excluding carboxylic acids is 2. The van der Waals surface area contributed by atoms with Gasteiger partial charge in [0.15, 0.2) is 0 Å². The van der Waals surface area contributed by atoms with Crippen LogP contribution in [0.2, 0.25) is 5.02 Å². The van der Waals surface area contributed by atoms with Crippen LogP contribution in [0.15, 0.2) is 36.7 Å². The second-order valence-electron chi connectivity index (χ2n) is 3.97. The van der Waals surface area contributed by atoms with Gasteiger partial charge in [-0.05, 0) is 0 Å². The number of carbonyl (C=O) groups is 2. The van der Waals surface area contributed by atoms with Gasteiger partial charge in [0.05, 0.1) is 0 Å². The van der Waals surface area contributed by atoms with Gasteiger partial charge in [0.2, 0.25) is 0 Å². The van der Waals surface area contributed by atoms with E-state index in [2.05, 4.69) is 14.3 Å². The zero-order valence-corrected chi connectivity index (χ0v) is 14.0. The molecule has 0 saturated heterocycles. The van der Waals surface area contributed by atoms with E-state index in [0.717, 1.165) is 0 Å². The summed E-state index contributed by atoms with van der Waals surface area (Å²) in [5, 5.41) is 0.455. The van der Waals surface area contributed by atoms with Crippen molar-refractivity contribution in [2.75, 3.05) is 6.61 Å². The Balaban J connectivity index is 2.07. The molecule has 2 aromatic heterocycles. The molecule has 0 bridgehead atoms. The Labute approximate surface area is 138 Å². The predicted octanol–water partition coefficient (Wildman–Crippen LogP) is 0.981. The van der Waals surface area contributed by atoms with E-state index in [1.807, 2.05) is 0 Å². The monoisotopic (exact) mass is 385 g/mol. The van der Waals surface area contributed by atoms with Crippen LogP contribution in [0.4, 0.5) is 0 Å². The van der Waals surface area contributed by atoms with Crippen molar-refractivity contribution in [2.24, 2.45) is 0 Å². The Bertz CT molecular complexity index is 679. The third-order valence-corrected chi connectivity index (χ3v) is 4.38. The maximum absolute atomic E-state index is 12.0. The van der Waals surface area contributed by atoms with Gasteiger partial charge >= 0.3 is 138 Å². The van der Waals surface area contributed by atoms with Gasteiger partial charge in [0, 0.05) is 0 Å². The molecule has 0 aliphatic heterocycles. The Kier molecular flexibility index (Phi) is 5.89. The van der Waals surface area contributed by atoms with Crippen molar-refractivity contribution in [1.82, 2.24) is 14.3 Å². The molecule has 114 valence electrons. The van der Waals surface area contributed by atoms with Crippen LogP contribution in [0.25, 0.3) is 0 Å². The minimum absolute atomic E-state index is 0.250. The van der Waals surface area contributed by atoms with Crippen LogP contribution in [0, 0.1) is 0 Å². The summed E-state index contributed by atoms with van der Waals surface area (Å²) in [6.45, 7) is 2.01. The van der Waals surface area contributed by atoms with Gasteiger partial charge in [-0.2, -0.15) is 0 Å². The van der Waals surface area contributed by atoms with Gasteiger partial charge in [-0.3, -0.25) is 0 Å². The number of ether oxygens (including phenoxy) is 1. The number of nitrogens with one attached hydrogen (secondary N) is 1. The van der Waals surface area contributed by atoms with E-state index in [1.165, 1.54) is 12.3 Å². The zero-order chi connectivity index (χ0) is 15.9. The average molecular weight is 385 g/mol. The Morgan fingerprint density at radius 2 is 2.14 bits per heavy atom. The fraction of sp³-hybridized carbons (Fsp3) is 0.143. The first-order chi connectivity index (χ1) is 10.6. The summed E-state index contributed by atoms with van der Waals surface area (Å²) in [4.78, 5) is 31.9. The van der Waals surface area contributed by atoms with Crippen molar-refractivity contribution in [3.05, 3.63) is 52.9 Å². The van der Waals surface area contributed by atoms with Gasteiger partial charge in [-0.25, -0.2) is 0 Å². The number of esters is 1. The fourth-order valence-corrected chi connectivity index (χ4v) is 3.01. The molecule has 0 spiro atoms. The molecule has 22 heavy (non-hydrogen) atoms. The predicted molar refractivity (Wildman–Crippen MR) is 82.3 cm³/mol. The van der Waals surface area contributed by atoms with E-state index in [-0.39, 0.29) is 18.2 Å². The van der Waals surface area contributed by atoms with Crippen molar-refractivity contribution in [1.29, 1.82) is 0 Å². The van der Waals surface area contributed by atoms with E-state index >= 15 is 0 Å². The van der Waals surface area contributed by atoms with Crippen molar-refractivity contribution in [3.8, 4) is 0 Å². The van der Waals surface area contributed by atoms with Crippen LogP contribution >= 0.6 is 11.6 Å². The third-order valence-electron chi connectivity index (χ3n) is 2.47. The van der Waals surface area contributed by atoms with Gasteiger partial charge in [-0.15, -0.1) is 0 Å². The van der Waals surface area contributed by atoms with Crippen LogP contribution in [-0.4, -0.2) is 43.6 Å². The summed E-state index contributed by atoms with van der Waals surface area (Å²) in [7, 11) is 0. The normalized spacial score (nSPS) is 10.1. The molecule has 2 rings (SSSR count). The first-order valence-electron chi connectivity index (χ1n) is 6.32. The Hall–Kier alpha value is -1.95. The van der Waals surface area contributed by atoms with Crippen LogP contribution < -0.4 is 8.93 Å². The molecule has 0 atom stereocenters. The molecule has 0 fully saturated rings. The Morgan fingerprint density at radius 3 is 2.82 bits per heavy atom. The van der Waals surface area contributed by atoms with Crippen LogP contribution in [0.3, 0.4) is 0 Å². The van der Waals surface area contributed by atoms with Gasteiger partial charge in [-0.1, -0.05) is 0 Å². The molecular weight excluding hydrogens is 373 g/mol. The van der Waals surface area contributed by atoms with E-state index < -0.39 is 21.1 Å². The molecule has 2 aromatic rings. The number of hydrogen-bond donors (Lipinski definition) is 1.